The van der Waals surface area contributed by atoms with E-state index in [9.17, 15) is 22.8 Å². The Kier molecular flexibility index (Phi) is 5.36. The minimum atomic E-state index is -1.68. The Morgan fingerprint density at radius 2 is 1.54 bits per heavy atom. The molecule has 0 spiro atoms. The summed E-state index contributed by atoms with van der Waals surface area (Å²) in [4.78, 5) is 27.7. The van der Waals surface area contributed by atoms with Crippen LogP contribution in [-0.4, -0.2) is 47.8 Å². The number of rotatable bonds is 2. The van der Waals surface area contributed by atoms with Gasteiger partial charge in [0, 0.05) is 26.2 Å². The molecule has 1 aliphatic heterocycles. The molecule has 0 unspecified atom stereocenters. The van der Waals surface area contributed by atoms with Crippen LogP contribution in [0.25, 0.3) is 0 Å². The van der Waals surface area contributed by atoms with Crippen LogP contribution in [0.5, 0.6) is 0 Å². The van der Waals surface area contributed by atoms with Gasteiger partial charge in [-0.1, -0.05) is 0 Å². The van der Waals surface area contributed by atoms with Crippen LogP contribution >= 0.6 is 15.9 Å². The Morgan fingerprint density at radius 1 is 0.885 bits per heavy atom. The van der Waals surface area contributed by atoms with E-state index in [4.69, 9.17) is 4.42 Å². The van der Waals surface area contributed by atoms with Crippen molar-refractivity contribution in [1.29, 1.82) is 0 Å². The Balaban J connectivity index is 1.71. The fraction of sp³-hybridized carbons (Fsp3) is 0.294. The first kappa shape index (κ1) is 18.5. The second-order valence-corrected chi connectivity index (χ2v) is 6.55. The van der Waals surface area contributed by atoms with E-state index >= 15 is 0 Å². The molecule has 138 valence electrons. The van der Waals surface area contributed by atoms with E-state index in [1.165, 1.54) is 15.9 Å². The van der Waals surface area contributed by atoms with Crippen LogP contribution in [0, 0.1) is 17.5 Å². The van der Waals surface area contributed by atoms with Crippen LogP contribution in [0.3, 0.4) is 0 Å². The molecule has 0 aliphatic carbocycles. The van der Waals surface area contributed by atoms with Gasteiger partial charge in [-0.2, -0.15) is 0 Å². The topological polar surface area (TPSA) is 53.8 Å². The molecule has 2 heterocycles. The largest absolute Gasteiger partial charge is 0.444 e. The number of carbonyl (C=O) groups excluding carboxylic acids is 2. The first-order chi connectivity index (χ1) is 12.4. The lowest BCUT2D eigenvalue weighted by Crippen LogP contribution is -2.37. The zero-order valence-electron chi connectivity index (χ0n) is 13.5. The Morgan fingerprint density at radius 3 is 2.15 bits per heavy atom. The summed E-state index contributed by atoms with van der Waals surface area (Å²) in [5.41, 5.74) is -0.529. The maximum atomic E-state index is 13.9. The number of carbonyl (C=O) groups is 2. The fourth-order valence-corrected chi connectivity index (χ4v) is 3.08. The lowest BCUT2D eigenvalue weighted by atomic mass is 10.1. The summed E-state index contributed by atoms with van der Waals surface area (Å²) in [7, 11) is 0. The SMILES string of the molecule is O=C(c1ccc(Br)o1)N1CCCN(C(=O)c2ccc(F)c(F)c2F)CC1. The van der Waals surface area contributed by atoms with Crippen molar-refractivity contribution >= 4 is 27.7 Å². The van der Waals surface area contributed by atoms with Crippen LogP contribution in [0.2, 0.25) is 0 Å². The minimum Gasteiger partial charge on any atom is -0.444 e. The molecule has 3 rings (SSSR count). The summed E-state index contributed by atoms with van der Waals surface area (Å²) in [6.07, 6.45) is 0.463. The number of benzene rings is 1. The lowest BCUT2D eigenvalue weighted by molar-refractivity contribution is 0.0697. The van der Waals surface area contributed by atoms with Crippen molar-refractivity contribution in [3.05, 3.63) is 57.7 Å². The van der Waals surface area contributed by atoms with E-state index in [2.05, 4.69) is 15.9 Å². The van der Waals surface area contributed by atoms with Crippen molar-refractivity contribution in [2.75, 3.05) is 26.2 Å². The van der Waals surface area contributed by atoms with Gasteiger partial charge in [0.2, 0.25) is 0 Å². The van der Waals surface area contributed by atoms with Gasteiger partial charge in [0.05, 0.1) is 5.56 Å². The van der Waals surface area contributed by atoms with Gasteiger partial charge >= 0.3 is 0 Å². The van der Waals surface area contributed by atoms with Crippen molar-refractivity contribution in [3.8, 4) is 0 Å². The fourth-order valence-electron chi connectivity index (χ4n) is 2.77. The third-order valence-electron chi connectivity index (χ3n) is 4.12. The molecule has 1 aromatic heterocycles. The maximum Gasteiger partial charge on any atom is 0.289 e. The molecule has 26 heavy (non-hydrogen) atoms. The number of hydrogen-bond donors (Lipinski definition) is 0. The summed E-state index contributed by atoms with van der Waals surface area (Å²) in [6.45, 7) is 1.02. The number of amides is 2. The molecule has 0 atom stereocenters. The maximum absolute atomic E-state index is 13.9. The van der Waals surface area contributed by atoms with E-state index in [1.807, 2.05) is 0 Å². The van der Waals surface area contributed by atoms with Crippen molar-refractivity contribution in [2.24, 2.45) is 0 Å². The highest BCUT2D eigenvalue weighted by molar-refractivity contribution is 9.10. The molecule has 2 aromatic rings. The molecule has 0 saturated carbocycles. The highest BCUT2D eigenvalue weighted by atomic mass is 79.9. The lowest BCUT2D eigenvalue weighted by Gasteiger charge is -2.22. The Hall–Kier alpha value is -2.29. The van der Waals surface area contributed by atoms with Crippen molar-refractivity contribution < 1.29 is 27.2 Å². The Bertz CT molecular complexity index is 856. The van der Waals surface area contributed by atoms with Crippen LogP contribution in [0.4, 0.5) is 13.2 Å². The molecular formula is C17H14BrF3N2O3. The number of nitrogens with zero attached hydrogens (tertiary/aromatic N) is 2. The molecular weight excluding hydrogens is 417 g/mol. The van der Waals surface area contributed by atoms with Gasteiger partial charge in [-0.05, 0) is 46.6 Å². The average Bonchev–Trinajstić information content (AvgIpc) is 2.91. The van der Waals surface area contributed by atoms with Gasteiger partial charge in [0.25, 0.3) is 11.8 Å². The van der Waals surface area contributed by atoms with E-state index in [0.29, 0.717) is 23.7 Å². The van der Waals surface area contributed by atoms with Gasteiger partial charge in [0.1, 0.15) is 0 Å². The average molecular weight is 431 g/mol. The second kappa shape index (κ2) is 7.53. The standard InChI is InChI=1S/C17H14BrF3N2O3/c18-13-5-4-12(26-13)17(25)23-7-1-6-22(8-9-23)16(24)10-2-3-11(19)15(21)14(10)20/h2-5H,1,6-9H2. The minimum absolute atomic E-state index is 0.144. The highest BCUT2D eigenvalue weighted by Crippen LogP contribution is 2.19. The summed E-state index contributed by atoms with van der Waals surface area (Å²) in [5, 5.41) is 0. The first-order valence-corrected chi connectivity index (χ1v) is 8.65. The van der Waals surface area contributed by atoms with Crippen molar-refractivity contribution in [3.63, 3.8) is 0 Å². The normalized spacial score (nSPS) is 15.1. The third kappa shape index (κ3) is 3.62. The highest BCUT2D eigenvalue weighted by Gasteiger charge is 2.27. The quantitative estimate of drug-likeness (QED) is 0.685. The molecule has 1 aliphatic rings. The van der Waals surface area contributed by atoms with Crippen LogP contribution in [0.15, 0.2) is 33.4 Å². The predicted octanol–water partition coefficient (Wildman–Crippen LogP) is 3.45. The van der Waals surface area contributed by atoms with Crippen LogP contribution in [0.1, 0.15) is 27.3 Å². The molecule has 5 nitrogen and oxygen atoms in total. The van der Waals surface area contributed by atoms with Gasteiger partial charge in [0.15, 0.2) is 27.9 Å². The molecule has 2 amide bonds. The molecule has 0 N–H and O–H groups in total. The molecule has 1 fully saturated rings. The predicted molar refractivity (Wildman–Crippen MR) is 89.1 cm³/mol. The van der Waals surface area contributed by atoms with E-state index in [1.54, 1.807) is 6.07 Å². The summed E-state index contributed by atoms with van der Waals surface area (Å²) in [6, 6.07) is 4.78. The van der Waals surface area contributed by atoms with Crippen molar-refractivity contribution in [1.82, 2.24) is 9.80 Å². The zero-order chi connectivity index (χ0) is 18.8. The molecule has 0 radical (unpaired) electrons. The zero-order valence-corrected chi connectivity index (χ0v) is 15.1. The summed E-state index contributed by atoms with van der Waals surface area (Å²) >= 11 is 3.13. The van der Waals surface area contributed by atoms with Crippen LogP contribution < -0.4 is 0 Å². The molecule has 1 aromatic carbocycles. The number of hydrogen-bond acceptors (Lipinski definition) is 3. The number of furan rings is 1. The smallest absolute Gasteiger partial charge is 0.289 e. The van der Waals surface area contributed by atoms with Gasteiger partial charge in [-0.25, -0.2) is 13.2 Å². The van der Waals surface area contributed by atoms with E-state index in [0.717, 1.165) is 6.07 Å². The van der Waals surface area contributed by atoms with Gasteiger partial charge < -0.3 is 14.2 Å². The molecule has 1 saturated heterocycles. The Labute approximate surface area is 155 Å². The van der Waals surface area contributed by atoms with E-state index < -0.39 is 28.9 Å². The molecule has 0 bridgehead atoms. The monoisotopic (exact) mass is 430 g/mol. The first-order valence-electron chi connectivity index (χ1n) is 7.86. The third-order valence-corrected chi connectivity index (χ3v) is 4.55. The number of halogens is 4. The molecule has 9 heteroatoms. The summed E-state index contributed by atoms with van der Waals surface area (Å²) < 4.78 is 45.9. The summed E-state index contributed by atoms with van der Waals surface area (Å²) in [5.74, 6) is -5.42. The van der Waals surface area contributed by atoms with E-state index in [-0.39, 0.29) is 31.3 Å². The van der Waals surface area contributed by atoms with Gasteiger partial charge in [-0.3, -0.25) is 9.59 Å². The second-order valence-electron chi connectivity index (χ2n) is 5.76. The van der Waals surface area contributed by atoms with Crippen LogP contribution in [-0.2, 0) is 0 Å². The van der Waals surface area contributed by atoms with Gasteiger partial charge in [-0.15, -0.1) is 0 Å². The van der Waals surface area contributed by atoms with Crippen molar-refractivity contribution in [2.45, 2.75) is 6.42 Å².